The Hall–Kier alpha value is -0.0800. The quantitative estimate of drug-likeness (QED) is 0.681. The van der Waals surface area contributed by atoms with Gasteiger partial charge in [-0.25, -0.2) is 0 Å². The fourth-order valence-electron chi connectivity index (χ4n) is 2.33. The molecule has 0 radical (unpaired) electrons. The first kappa shape index (κ1) is 12.0. The zero-order valence-electron chi connectivity index (χ0n) is 9.63. The van der Waals surface area contributed by atoms with E-state index in [4.69, 9.17) is 0 Å². The van der Waals surface area contributed by atoms with Crippen LogP contribution < -0.4 is 5.32 Å². The lowest BCUT2D eigenvalue weighted by molar-refractivity contribution is 0.179. The maximum absolute atomic E-state index is 9.19. The van der Waals surface area contributed by atoms with Crippen molar-refractivity contribution in [2.75, 3.05) is 6.54 Å². The molecule has 1 aliphatic rings. The van der Waals surface area contributed by atoms with Gasteiger partial charge in [-0.15, -0.1) is 0 Å². The Labute approximate surface area is 88.1 Å². The number of aliphatic hydroxyl groups excluding tert-OH is 1. The van der Waals surface area contributed by atoms with Gasteiger partial charge < -0.3 is 10.4 Å². The Morgan fingerprint density at radius 3 is 2.21 bits per heavy atom. The van der Waals surface area contributed by atoms with Gasteiger partial charge >= 0.3 is 0 Å². The normalized spacial score (nSPS) is 24.2. The van der Waals surface area contributed by atoms with Crippen molar-refractivity contribution in [3.63, 3.8) is 0 Å². The zero-order chi connectivity index (χ0) is 10.4. The molecule has 1 fully saturated rings. The molecule has 2 nitrogen and oxygen atoms in total. The van der Waals surface area contributed by atoms with Crippen LogP contribution in [0.4, 0.5) is 0 Å². The predicted octanol–water partition coefficient (Wildman–Crippen LogP) is 2.32. The molecule has 0 spiro atoms. The summed E-state index contributed by atoms with van der Waals surface area (Å²) >= 11 is 0. The first-order chi connectivity index (χ1) is 6.70. The molecule has 0 aliphatic heterocycles. The highest BCUT2D eigenvalue weighted by Crippen LogP contribution is 2.25. The van der Waals surface area contributed by atoms with Crippen molar-refractivity contribution < 1.29 is 5.11 Å². The molecule has 1 saturated carbocycles. The van der Waals surface area contributed by atoms with E-state index in [9.17, 15) is 5.11 Å². The van der Waals surface area contributed by atoms with Gasteiger partial charge in [-0.05, 0) is 32.6 Å². The maximum atomic E-state index is 9.19. The highest BCUT2D eigenvalue weighted by Gasteiger charge is 2.18. The fraction of sp³-hybridized carbons (Fsp3) is 1.00. The molecule has 2 N–H and O–H groups in total. The average Bonchev–Trinajstić information content (AvgIpc) is 2.42. The van der Waals surface area contributed by atoms with Crippen LogP contribution in [-0.2, 0) is 0 Å². The van der Waals surface area contributed by atoms with Gasteiger partial charge in [0.2, 0.25) is 0 Å². The van der Waals surface area contributed by atoms with Crippen molar-refractivity contribution in [2.24, 2.45) is 5.92 Å². The Balaban J connectivity index is 2.23. The highest BCUT2D eigenvalue weighted by atomic mass is 16.3. The smallest absolute Gasteiger partial charge is 0.0636 e. The van der Waals surface area contributed by atoms with Crippen LogP contribution in [0.25, 0.3) is 0 Å². The summed E-state index contributed by atoms with van der Waals surface area (Å²) in [6, 6.07) is 0.572. The first-order valence-electron chi connectivity index (χ1n) is 6.11. The third kappa shape index (κ3) is 4.43. The molecule has 0 amide bonds. The second-order valence-corrected chi connectivity index (χ2v) is 4.80. The van der Waals surface area contributed by atoms with E-state index in [1.54, 1.807) is 0 Å². The lowest BCUT2D eigenvalue weighted by atomic mass is 9.93. The second kappa shape index (κ2) is 6.41. The minimum atomic E-state index is -0.219. The van der Waals surface area contributed by atoms with E-state index in [0.29, 0.717) is 6.04 Å². The van der Waals surface area contributed by atoms with Gasteiger partial charge in [-0.3, -0.25) is 0 Å². The maximum Gasteiger partial charge on any atom is 0.0636 e. The molecule has 0 unspecified atom stereocenters. The van der Waals surface area contributed by atoms with E-state index >= 15 is 0 Å². The van der Waals surface area contributed by atoms with Crippen LogP contribution in [0.3, 0.4) is 0 Å². The summed E-state index contributed by atoms with van der Waals surface area (Å²) < 4.78 is 0. The van der Waals surface area contributed by atoms with E-state index in [0.717, 1.165) is 12.5 Å². The molecule has 2 atom stereocenters. The van der Waals surface area contributed by atoms with Crippen LogP contribution in [0.15, 0.2) is 0 Å². The molecule has 0 saturated heterocycles. The van der Waals surface area contributed by atoms with Gasteiger partial charge in [0.25, 0.3) is 0 Å². The molecule has 84 valence electrons. The third-order valence-electron chi connectivity index (χ3n) is 3.34. The minimum Gasteiger partial charge on any atom is -0.392 e. The summed E-state index contributed by atoms with van der Waals surface area (Å²) in [5.41, 5.74) is 0. The van der Waals surface area contributed by atoms with Gasteiger partial charge in [0.15, 0.2) is 0 Å². The molecule has 0 heterocycles. The Morgan fingerprint density at radius 2 is 1.71 bits per heavy atom. The van der Waals surface area contributed by atoms with Crippen molar-refractivity contribution in [2.45, 2.75) is 64.5 Å². The number of hydrogen-bond acceptors (Lipinski definition) is 2. The fourth-order valence-corrected chi connectivity index (χ4v) is 2.33. The Morgan fingerprint density at radius 1 is 1.14 bits per heavy atom. The summed E-state index contributed by atoms with van der Waals surface area (Å²) in [6.45, 7) is 4.84. The van der Waals surface area contributed by atoms with E-state index in [-0.39, 0.29) is 6.10 Å². The molecular weight excluding hydrogens is 174 g/mol. The number of aliphatic hydroxyl groups is 1. The van der Waals surface area contributed by atoms with Crippen molar-refractivity contribution in [3.8, 4) is 0 Å². The highest BCUT2D eigenvalue weighted by molar-refractivity contribution is 4.75. The number of hydrogen-bond donors (Lipinski definition) is 2. The van der Waals surface area contributed by atoms with Gasteiger partial charge in [0.1, 0.15) is 0 Å². The molecule has 0 aromatic heterocycles. The van der Waals surface area contributed by atoms with Crippen LogP contribution in [0, 0.1) is 5.92 Å². The molecular formula is C12H25NO. The first-order valence-corrected chi connectivity index (χ1v) is 6.11. The molecule has 0 bridgehead atoms. The van der Waals surface area contributed by atoms with Crippen LogP contribution in [0.1, 0.15) is 52.4 Å². The van der Waals surface area contributed by atoms with E-state index in [2.05, 4.69) is 12.2 Å². The standard InChI is InChI=1S/C12H25NO/c1-10(14)9-13-11(2)12-7-5-3-4-6-8-12/h10-14H,3-9H2,1-2H3/t10-,11-/m0/s1. The predicted molar refractivity (Wildman–Crippen MR) is 60.3 cm³/mol. The number of nitrogens with one attached hydrogen (secondary N) is 1. The van der Waals surface area contributed by atoms with Crippen LogP contribution in [-0.4, -0.2) is 23.8 Å². The van der Waals surface area contributed by atoms with Gasteiger partial charge in [0, 0.05) is 12.6 Å². The molecule has 0 aromatic carbocycles. The second-order valence-electron chi connectivity index (χ2n) is 4.80. The van der Waals surface area contributed by atoms with Crippen molar-refractivity contribution in [3.05, 3.63) is 0 Å². The molecule has 0 aromatic rings. The summed E-state index contributed by atoms with van der Waals surface area (Å²) in [7, 11) is 0. The monoisotopic (exact) mass is 199 g/mol. The SMILES string of the molecule is C[C@H](O)CN[C@@H](C)C1CCCCCC1. The molecule has 2 heteroatoms. The van der Waals surface area contributed by atoms with E-state index < -0.39 is 0 Å². The Kier molecular flexibility index (Phi) is 5.49. The van der Waals surface area contributed by atoms with Gasteiger partial charge in [-0.2, -0.15) is 0 Å². The van der Waals surface area contributed by atoms with Crippen molar-refractivity contribution >= 4 is 0 Å². The van der Waals surface area contributed by atoms with E-state index in [1.807, 2.05) is 6.92 Å². The zero-order valence-corrected chi connectivity index (χ0v) is 9.63. The summed E-state index contributed by atoms with van der Waals surface area (Å²) in [5, 5.41) is 12.6. The Bertz CT molecular complexity index is 139. The molecule has 14 heavy (non-hydrogen) atoms. The third-order valence-corrected chi connectivity index (χ3v) is 3.34. The molecule has 1 rings (SSSR count). The van der Waals surface area contributed by atoms with Crippen LogP contribution >= 0.6 is 0 Å². The minimum absolute atomic E-state index is 0.219. The summed E-state index contributed by atoms with van der Waals surface area (Å²) in [4.78, 5) is 0. The van der Waals surface area contributed by atoms with Crippen LogP contribution in [0.5, 0.6) is 0 Å². The lowest BCUT2D eigenvalue weighted by Crippen LogP contribution is -2.37. The topological polar surface area (TPSA) is 32.3 Å². The number of rotatable bonds is 4. The van der Waals surface area contributed by atoms with Crippen molar-refractivity contribution in [1.82, 2.24) is 5.32 Å². The van der Waals surface area contributed by atoms with Crippen molar-refractivity contribution in [1.29, 1.82) is 0 Å². The largest absolute Gasteiger partial charge is 0.392 e. The van der Waals surface area contributed by atoms with Gasteiger partial charge in [-0.1, -0.05) is 25.7 Å². The molecule has 1 aliphatic carbocycles. The lowest BCUT2D eigenvalue weighted by Gasteiger charge is -2.24. The van der Waals surface area contributed by atoms with Crippen LogP contribution in [0.2, 0.25) is 0 Å². The summed E-state index contributed by atoms with van der Waals surface area (Å²) in [5.74, 6) is 0.830. The summed E-state index contributed by atoms with van der Waals surface area (Å²) in [6.07, 6.45) is 8.14. The van der Waals surface area contributed by atoms with Gasteiger partial charge in [0.05, 0.1) is 6.10 Å². The van der Waals surface area contributed by atoms with E-state index in [1.165, 1.54) is 38.5 Å². The average molecular weight is 199 g/mol.